The van der Waals surface area contributed by atoms with Gasteiger partial charge >= 0.3 is 0 Å². The number of amides is 1. The molecule has 4 nitrogen and oxygen atoms in total. The number of carbonyl (C=O) groups excluding carboxylic acids is 1. The van der Waals surface area contributed by atoms with Crippen molar-refractivity contribution < 1.29 is 10.0 Å². The van der Waals surface area contributed by atoms with E-state index in [4.69, 9.17) is 5.21 Å². The third kappa shape index (κ3) is 1.29. The van der Waals surface area contributed by atoms with Crippen LogP contribution in [0.3, 0.4) is 0 Å². The van der Waals surface area contributed by atoms with Gasteiger partial charge in [-0.3, -0.25) is 4.79 Å². The predicted molar refractivity (Wildman–Crippen MR) is 57.5 cm³/mol. The van der Waals surface area contributed by atoms with E-state index in [0.717, 1.165) is 11.3 Å². The lowest BCUT2D eigenvalue weighted by Crippen LogP contribution is -2.27. The highest BCUT2D eigenvalue weighted by atomic mass is 16.4. The molecule has 0 aliphatic carbocycles. The summed E-state index contributed by atoms with van der Waals surface area (Å²) >= 11 is 0. The van der Waals surface area contributed by atoms with Crippen molar-refractivity contribution in [3.8, 4) is 0 Å². The Morgan fingerprint density at radius 2 is 2.13 bits per heavy atom. The molecule has 78 valence electrons. The molecule has 0 unspecified atom stereocenters. The summed E-state index contributed by atoms with van der Waals surface area (Å²) in [6, 6.07) is 7.54. The summed E-state index contributed by atoms with van der Waals surface area (Å²) in [6.07, 6.45) is 0. The molecule has 1 heterocycles. The fourth-order valence-electron chi connectivity index (χ4n) is 1.94. The Labute approximate surface area is 87.8 Å². The Kier molecular flexibility index (Phi) is 2.19. The molecule has 0 aromatic heterocycles. The SMILES string of the molecule is CC(=NO)[C@@H]1C(=O)N(C)c2ccccc21. The van der Waals surface area contributed by atoms with Gasteiger partial charge in [-0.05, 0) is 18.6 Å². The van der Waals surface area contributed by atoms with Gasteiger partial charge in [0, 0.05) is 12.7 Å². The molecule has 0 fully saturated rings. The molecule has 15 heavy (non-hydrogen) atoms. The number of fused-ring (bicyclic) bond motifs is 1. The van der Waals surface area contributed by atoms with E-state index in [2.05, 4.69) is 5.16 Å². The number of anilines is 1. The minimum atomic E-state index is -0.434. The van der Waals surface area contributed by atoms with Crippen LogP contribution in [0.2, 0.25) is 0 Å². The van der Waals surface area contributed by atoms with E-state index in [1.807, 2.05) is 24.3 Å². The van der Waals surface area contributed by atoms with Gasteiger partial charge in [-0.2, -0.15) is 0 Å². The molecule has 2 rings (SSSR count). The van der Waals surface area contributed by atoms with Gasteiger partial charge < -0.3 is 10.1 Å². The first-order chi connectivity index (χ1) is 7.16. The van der Waals surface area contributed by atoms with Gasteiger partial charge in [-0.1, -0.05) is 23.4 Å². The number of benzene rings is 1. The summed E-state index contributed by atoms with van der Waals surface area (Å²) in [5, 5.41) is 11.9. The van der Waals surface area contributed by atoms with Crippen LogP contribution in [0.5, 0.6) is 0 Å². The summed E-state index contributed by atoms with van der Waals surface area (Å²) in [5.74, 6) is -0.484. The molecule has 0 bridgehead atoms. The summed E-state index contributed by atoms with van der Waals surface area (Å²) in [7, 11) is 1.73. The van der Waals surface area contributed by atoms with E-state index in [-0.39, 0.29) is 5.91 Å². The maximum absolute atomic E-state index is 11.9. The molecule has 0 radical (unpaired) electrons. The van der Waals surface area contributed by atoms with Crippen molar-refractivity contribution in [1.82, 2.24) is 0 Å². The molecule has 1 aliphatic rings. The first-order valence-corrected chi connectivity index (χ1v) is 4.72. The zero-order valence-electron chi connectivity index (χ0n) is 8.64. The molecule has 1 aromatic carbocycles. The lowest BCUT2D eigenvalue weighted by Gasteiger charge is -2.09. The van der Waals surface area contributed by atoms with Crippen molar-refractivity contribution in [3.05, 3.63) is 29.8 Å². The topological polar surface area (TPSA) is 52.9 Å². The molecular formula is C11H12N2O2. The second kappa shape index (κ2) is 3.38. The van der Waals surface area contributed by atoms with Crippen LogP contribution >= 0.6 is 0 Å². The van der Waals surface area contributed by atoms with E-state index >= 15 is 0 Å². The van der Waals surface area contributed by atoms with Crippen molar-refractivity contribution in [2.75, 3.05) is 11.9 Å². The fraction of sp³-hybridized carbons (Fsp3) is 0.273. The molecular weight excluding hydrogens is 192 g/mol. The molecule has 0 saturated heterocycles. The Morgan fingerprint density at radius 1 is 1.47 bits per heavy atom. The zero-order chi connectivity index (χ0) is 11.0. The van der Waals surface area contributed by atoms with E-state index in [1.54, 1.807) is 18.9 Å². The van der Waals surface area contributed by atoms with Crippen molar-refractivity contribution in [2.24, 2.45) is 5.16 Å². The number of carbonyl (C=O) groups is 1. The van der Waals surface area contributed by atoms with Crippen LogP contribution in [-0.2, 0) is 4.79 Å². The molecule has 4 heteroatoms. The highest BCUT2D eigenvalue weighted by molar-refractivity contribution is 6.18. The molecule has 0 spiro atoms. The molecule has 0 saturated carbocycles. The average molecular weight is 204 g/mol. The lowest BCUT2D eigenvalue weighted by atomic mass is 9.97. The van der Waals surface area contributed by atoms with Crippen LogP contribution in [0.4, 0.5) is 5.69 Å². The van der Waals surface area contributed by atoms with Crippen molar-refractivity contribution >= 4 is 17.3 Å². The van der Waals surface area contributed by atoms with E-state index in [0.29, 0.717) is 5.71 Å². The molecule has 1 atom stereocenters. The number of likely N-dealkylation sites (N-methyl/N-ethyl adjacent to an activating group) is 1. The van der Waals surface area contributed by atoms with Crippen LogP contribution < -0.4 is 4.90 Å². The van der Waals surface area contributed by atoms with Gasteiger partial charge in [0.25, 0.3) is 0 Å². The average Bonchev–Trinajstić information content (AvgIpc) is 2.52. The minimum Gasteiger partial charge on any atom is -0.411 e. The second-order valence-electron chi connectivity index (χ2n) is 3.63. The van der Waals surface area contributed by atoms with Crippen LogP contribution in [0, 0.1) is 0 Å². The highest BCUT2D eigenvalue weighted by Crippen LogP contribution is 2.36. The molecule has 1 amide bonds. The predicted octanol–water partition coefficient (Wildman–Crippen LogP) is 1.60. The number of hydrogen-bond donors (Lipinski definition) is 1. The Balaban J connectivity index is 2.56. The van der Waals surface area contributed by atoms with Gasteiger partial charge in [-0.15, -0.1) is 0 Å². The van der Waals surface area contributed by atoms with Gasteiger partial charge in [0.15, 0.2) is 0 Å². The van der Waals surface area contributed by atoms with Crippen molar-refractivity contribution in [1.29, 1.82) is 0 Å². The number of oxime groups is 1. The van der Waals surface area contributed by atoms with Gasteiger partial charge in [0.05, 0.1) is 5.71 Å². The molecule has 1 aromatic rings. The van der Waals surface area contributed by atoms with Crippen molar-refractivity contribution in [2.45, 2.75) is 12.8 Å². The van der Waals surface area contributed by atoms with E-state index in [1.165, 1.54) is 0 Å². The van der Waals surface area contributed by atoms with Gasteiger partial charge in [-0.25, -0.2) is 0 Å². The summed E-state index contributed by atoms with van der Waals surface area (Å²) in [6.45, 7) is 1.65. The smallest absolute Gasteiger partial charge is 0.240 e. The van der Waals surface area contributed by atoms with Crippen molar-refractivity contribution in [3.63, 3.8) is 0 Å². The quantitative estimate of drug-likeness (QED) is 0.429. The largest absolute Gasteiger partial charge is 0.411 e. The highest BCUT2D eigenvalue weighted by Gasteiger charge is 2.36. The third-order valence-electron chi connectivity index (χ3n) is 2.76. The summed E-state index contributed by atoms with van der Waals surface area (Å²) < 4.78 is 0. The Morgan fingerprint density at radius 3 is 2.80 bits per heavy atom. The van der Waals surface area contributed by atoms with Gasteiger partial charge in [0.1, 0.15) is 5.92 Å². The van der Waals surface area contributed by atoms with E-state index in [9.17, 15) is 4.79 Å². The van der Waals surface area contributed by atoms with Crippen LogP contribution in [-0.4, -0.2) is 23.9 Å². The number of hydrogen-bond acceptors (Lipinski definition) is 3. The third-order valence-corrected chi connectivity index (χ3v) is 2.76. The normalized spacial score (nSPS) is 20.7. The standard InChI is InChI=1S/C11H12N2O2/c1-7(12-15)10-8-5-3-4-6-9(8)13(2)11(10)14/h3-6,10,15H,1-2H3/t10-/m0/s1. The van der Waals surface area contributed by atoms with Gasteiger partial charge in [0.2, 0.25) is 5.91 Å². The van der Waals surface area contributed by atoms with Crippen LogP contribution in [0.15, 0.2) is 29.4 Å². The summed E-state index contributed by atoms with van der Waals surface area (Å²) in [5.41, 5.74) is 2.22. The fourth-order valence-corrected chi connectivity index (χ4v) is 1.94. The minimum absolute atomic E-state index is 0.0495. The summed E-state index contributed by atoms with van der Waals surface area (Å²) in [4.78, 5) is 13.5. The maximum Gasteiger partial charge on any atom is 0.240 e. The zero-order valence-corrected chi connectivity index (χ0v) is 8.64. The monoisotopic (exact) mass is 204 g/mol. The van der Waals surface area contributed by atoms with Crippen LogP contribution in [0.25, 0.3) is 0 Å². The number of rotatable bonds is 1. The molecule has 1 N–H and O–H groups in total. The Hall–Kier alpha value is -1.84. The Bertz CT molecular complexity index is 440. The maximum atomic E-state index is 11.9. The number of para-hydroxylation sites is 1. The number of nitrogens with zero attached hydrogens (tertiary/aromatic N) is 2. The second-order valence-corrected chi connectivity index (χ2v) is 3.63. The molecule has 1 aliphatic heterocycles. The first kappa shape index (κ1) is 9.71. The first-order valence-electron chi connectivity index (χ1n) is 4.72. The lowest BCUT2D eigenvalue weighted by molar-refractivity contribution is -0.117. The van der Waals surface area contributed by atoms with Crippen LogP contribution in [0.1, 0.15) is 18.4 Å². The van der Waals surface area contributed by atoms with E-state index < -0.39 is 5.92 Å².